The topological polar surface area (TPSA) is 178 Å². The van der Waals surface area contributed by atoms with Gasteiger partial charge in [0.2, 0.25) is 11.9 Å². The number of hydrogen-bond acceptors (Lipinski definition) is 10. The number of nitrogens with zero attached hydrogens (tertiary/aromatic N) is 4. The van der Waals surface area contributed by atoms with Crippen molar-refractivity contribution in [1.29, 1.82) is 0 Å². The van der Waals surface area contributed by atoms with E-state index in [2.05, 4.69) is 41.1 Å². The number of carbonyl (C=O) groups is 1. The van der Waals surface area contributed by atoms with Crippen LogP contribution in [0.1, 0.15) is 19.3 Å². The van der Waals surface area contributed by atoms with Crippen molar-refractivity contribution < 1.29 is 9.90 Å². The molecule has 1 fully saturated rings. The standard InChI is InChI=1S/C22H40N10O3/c23-22-29-20-19(21(35)30-22)28-16-32(20)11-3-17(15-33)13-27-18(34)14-31-10-2-6-25-8-7-24-4-1-5-26-9-12-31/h16-17,24-26,33H,1-15H2,(H,27,34)(H3,23,29,30,35). The van der Waals surface area contributed by atoms with Gasteiger partial charge >= 0.3 is 0 Å². The quantitative estimate of drug-likeness (QED) is 0.212. The molecule has 196 valence electrons. The van der Waals surface area contributed by atoms with Gasteiger partial charge in [-0.25, -0.2) is 4.98 Å². The van der Waals surface area contributed by atoms with Crippen LogP contribution in [0, 0.1) is 5.92 Å². The van der Waals surface area contributed by atoms with Crippen LogP contribution in [0.4, 0.5) is 5.95 Å². The molecule has 1 amide bonds. The summed E-state index contributed by atoms with van der Waals surface area (Å²) < 4.78 is 1.74. The Hall–Kier alpha value is -2.58. The van der Waals surface area contributed by atoms with Gasteiger partial charge in [0.05, 0.1) is 12.9 Å². The van der Waals surface area contributed by atoms with Crippen LogP contribution in [0.25, 0.3) is 11.2 Å². The van der Waals surface area contributed by atoms with E-state index < -0.39 is 0 Å². The van der Waals surface area contributed by atoms with E-state index in [0.717, 1.165) is 65.2 Å². The maximum atomic E-state index is 12.6. The Morgan fingerprint density at radius 2 is 1.86 bits per heavy atom. The SMILES string of the molecule is Nc1nc2c(ncn2CCC(CO)CNC(=O)CN2CCCNCCNCCCNCC2)c(=O)[nH]1. The lowest BCUT2D eigenvalue weighted by atomic mass is 10.1. The predicted octanol–water partition coefficient (Wildman–Crippen LogP) is -2.32. The smallest absolute Gasteiger partial charge is 0.280 e. The summed E-state index contributed by atoms with van der Waals surface area (Å²) in [5.74, 6) is -0.143. The van der Waals surface area contributed by atoms with Crippen molar-refractivity contribution in [3.63, 3.8) is 0 Å². The summed E-state index contributed by atoms with van der Waals surface area (Å²) in [6.45, 7) is 8.46. The highest BCUT2D eigenvalue weighted by molar-refractivity contribution is 5.78. The van der Waals surface area contributed by atoms with Gasteiger partial charge in [0.1, 0.15) is 0 Å². The lowest BCUT2D eigenvalue weighted by Crippen LogP contribution is -2.43. The van der Waals surface area contributed by atoms with E-state index in [1.165, 1.54) is 0 Å². The van der Waals surface area contributed by atoms with Crippen molar-refractivity contribution in [1.82, 2.24) is 45.7 Å². The van der Waals surface area contributed by atoms with E-state index >= 15 is 0 Å². The summed E-state index contributed by atoms with van der Waals surface area (Å²) in [6, 6.07) is 0. The first-order chi connectivity index (χ1) is 17.1. The number of carbonyl (C=O) groups excluding carboxylic acids is 1. The van der Waals surface area contributed by atoms with Crippen LogP contribution in [0.2, 0.25) is 0 Å². The molecule has 1 aliphatic heterocycles. The summed E-state index contributed by atoms with van der Waals surface area (Å²) in [5, 5.41) is 23.1. The summed E-state index contributed by atoms with van der Waals surface area (Å²) in [4.78, 5) is 37.4. The number of imidazole rings is 1. The largest absolute Gasteiger partial charge is 0.396 e. The van der Waals surface area contributed by atoms with Gasteiger partial charge in [-0.2, -0.15) is 4.98 Å². The molecule has 13 heteroatoms. The Morgan fingerprint density at radius 1 is 1.11 bits per heavy atom. The van der Waals surface area contributed by atoms with E-state index in [9.17, 15) is 14.7 Å². The second kappa shape index (κ2) is 14.7. The maximum absolute atomic E-state index is 12.6. The van der Waals surface area contributed by atoms with Gasteiger partial charge in [0.15, 0.2) is 11.2 Å². The minimum Gasteiger partial charge on any atom is -0.396 e. The number of H-pyrrole nitrogens is 1. The second-order valence-electron chi connectivity index (χ2n) is 8.94. The molecular formula is C22H40N10O3. The first-order valence-corrected chi connectivity index (χ1v) is 12.5. The molecule has 0 aromatic carbocycles. The summed E-state index contributed by atoms with van der Waals surface area (Å²) in [7, 11) is 0. The van der Waals surface area contributed by atoms with Gasteiger partial charge in [0, 0.05) is 51.8 Å². The van der Waals surface area contributed by atoms with Gasteiger partial charge in [-0.1, -0.05) is 0 Å². The van der Waals surface area contributed by atoms with E-state index in [1.807, 2.05) is 0 Å². The van der Waals surface area contributed by atoms with Crippen LogP contribution in [-0.2, 0) is 11.3 Å². The van der Waals surface area contributed by atoms with Gasteiger partial charge in [-0.3, -0.25) is 19.5 Å². The third-order valence-electron chi connectivity index (χ3n) is 6.10. The Labute approximate surface area is 205 Å². The lowest BCUT2D eigenvalue weighted by molar-refractivity contribution is -0.122. The van der Waals surface area contributed by atoms with Crippen LogP contribution < -0.4 is 32.6 Å². The number of anilines is 1. The van der Waals surface area contributed by atoms with Gasteiger partial charge < -0.3 is 36.7 Å². The van der Waals surface area contributed by atoms with Gasteiger partial charge in [-0.15, -0.1) is 0 Å². The van der Waals surface area contributed by atoms with Crippen LogP contribution >= 0.6 is 0 Å². The zero-order valence-corrected chi connectivity index (χ0v) is 20.4. The number of amides is 1. The Morgan fingerprint density at radius 3 is 2.63 bits per heavy atom. The zero-order valence-electron chi connectivity index (χ0n) is 20.4. The molecule has 3 rings (SSSR count). The molecule has 2 aromatic heterocycles. The molecule has 1 aliphatic rings. The number of aromatic nitrogens is 4. The number of aromatic amines is 1. The van der Waals surface area contributed by atoms with E-state index in [0.29, 0.717) is 31.7 Å². The van der Waals surface area contributed by atoms with Crippen molar-refractivity contribution in [2.75, 3.05) is 77.8 Å². The molecule has 0 bridgehead atoms. The number of fused-ring (bicyclic) bond motifs is 1. The summed E-state index contributed by atoms with van der Waals surface area (Å²) >= 11 is 0. The number of aliphatic hydroxyl groups excluding tert-OH is 1. The highest BCUT2D eigenvalue weighted by atomic mass is 16.3. The van der Waals surface area contributed by atoms with Crippen molar-refractivity contribution in [3.05, 3.63) is 16.7 Å². The van der Waals surface area contributed by atoms with E-state index in [4.69, 9.17) is 5.73 Å². The molecule has 1 atom stereocenters. The average Bonchev–Trinajstić information content (AvgIpc) is 3.24. The van der Waals surface area contributed by atoms with Gasteiger partial charge in [-0.05, 0) is 45.4 Å². The third-order valence-corrected chi connectivity index (χ3v) is 6.10. The predicted molar refractivity (Wildman–Crippen MR) is 135 cm³/mol. The zero-order chi connectivity index (χ0) is 24.9. The molecule has 3 heterocycles. The minimum absolute atomic E-state index is 0.0333. The summed E-state index contributed by atoms with van der Waals surface area (Å²) in [6.07, 6.45) is 4.19. The van der Waals surface area contributed by atoms with Crippen LogP contribution in [0.15, 0.2) is 11.1 Å². The van der Waals surface area contributed by atoms with E-state index in [1.54, 1.807) is 10.9 Å². The Kier molecular flexibility index (Phi) is 11.4. The molecule has 0 spiro atoms. The molecule has 1 saturated heterocycles. The molecule has 1 unspecified atom stereocenters. The first kappa shape index (κ1) is 27.0. The van der Waals surface area contributed by atoms with Crippen molar-refractivity contribution >= 4 is 23.0 Å². The van der Waals surface area contributed by atoms with Crippen LogP contribution in [0.5, 0.6) is 0 Å². The number of hydrogen-bond donors (Lipinski definition) is 7. The Balaban J connectivity index is 1.44. The molecule has 13 nitrogen and oxygen atoms in total. The number of nitrogens with two attached hydrogens (primary N) is 1. The molecule has 0 aliphatic carbocycles. The Bertz CT molecular complexity index is 949. The first-order valence-electron chi connectivity index (χ1n) is 12.5. The number of aryl methyl sites for hydroxylation is 1. The highest BCUT2D eigenvalue weighted by Gasteiger charge is 2.15. The fourth-order valence-electron chi connectivity index (χ4n) is 4.06. The second-order valence-corrected chi connectivity index (χ2v) is 8.94. The fraction of sp³-hybridized carbons (Fsp3) is 0.727. The molecule has 0 saturated carbocycles. The lowest BCUT2D eigenvalue weighted by Gasteiger charge is -2.23. The number of rotatable bonds is 8. The molecular weight excluding hydrogens is 452 g/mol. The summed E-state index contributed by atoms with van der Waals surface area (Å²) in [5.41, 5.74) is 5.90. The van der Waals surface area contributed by atoms with Crippen LogP contribution in [-0.4, -0.2) is 107 Å². The number of nitrogen functional groups attached to an aromatic ring is 1. The average molecular weight is 493 g/mol. The maximum Gasteiger partial charge on any atom is 0.280 e. The molecule has 8 N–H and O–H groups in total. The van der Waals surface area contributed by atoms with Crippen LogP contribution in [0.3, 0.4) is 0 Å². The fourth-order valence-corrected chi connectivity index (χ4v) is 4.06. The third kappa shape index (κ3) is 9.18. The normalized spacial score (nSPS) is 18.2. The molecule has 35 heavy (non-hydrogen) atoms. The van der Waals surface area contributed by atoms with Crippen molar-refractivity contribution in [2.45, 2.75) is 25.8 Å². The number of nitrogens with one attached hydrogen (secondary N) is 5. The minimum atomic E-state index is -0.381. The van der Waals surface area contributed by atoms with Crippen molar-refractivity contribution in [3.8, 4) is 0 Å². The molecule has 0 radical (unpaired) electrons. The molecule has 2 aromatic rings. The van der Waals surface area contributed by atoms with Gasteiger partial charge in [0.25, 0.3) is 5.56 Å². The van der Waals surface area contributed by atoms with Crippen molar-refractivity contribution in [2.24, 2.45) is 5.92 Å². The number of aliphatic hydroxyl groups is 1. The van der Waals surface area contributed by atoms with E-state index in [-0.39, 0.29) is 35.5 Å². The monoisotopic (exact) mass is 492 g/mol. The highest BCUT2D eigenvalue weighted by Crippen LogP contribution is 2.10.